The Morgan fingerprint density at radius 2 is 1.68 bits per heavy atom. The summed E-state index contributed by atoms with van der Waals surface area (Å²) < 4.78 is 29.9. The smallest absolute Gasteiger partial charge is 0.339 e. The third-order valence-electron chi connectivity index (χ3n) is 4.34. The second-order valence-electron chi connectivity index (χ2n) is 6.69. The highest BCUT2D eigenvalue weighted by molar-refractivity contribution is 7.87. The minimum Gasteiger partial charge on any atom is -0.379 e. The van der Waals surface area contributed by atoms with E-state index in [4.69, 9.17) is 4.18 Å². The fourth-order valence-electron chi connectivity index (χ4n) is 2.72. The fraction of sp³-hybridized carbons (Fsp3) is 0.0435. The monoisotopic (exact) mass is 449 g/mol. The zero-order valence-corrected chi connectivity index (χ0v) is 18.2. The van der Waals surface area contributed by atoms with Crippen LogP contribution in [0.4, 0.5) is 5.13 Å². The highest BCUT2D eigenvalue weighted by Crippen LogP contribution is 2.24. The van der Waals surface area contributed by atoms with Crippen LogP contribution in [0.3, 0.4) is 0 Å². The Hall–Kier alpha value is -3.49. The molecule has 3 aromatic carbocycles. The van der Waals surface area contributed by atoms with Crippen molar-refractivity contribution >= 4 is 32.8 Å². The Kier molecular flexibility index (Phi) is 6.11. The van der Waals surface area contributed by atoms with E-state index >= 15 is 0 Å². The van der Waals surface area contributed by atoms with E-state index in [9.17, 15) is 8.42 Å². The van der Waals surface area contributed by atoms with Gasteiger partial charge < -0.3 is 4.18 Å². The summed E-state index contributed by atoms with van der Waals surface area (Å²) in [6.45, 7) is 1.89. The molecule has 0 fully saturated rings. The average Bonchev–Trinajstić information content (AvgIpc) is 3.25. The van der Waals surface area contributed by atoms with Crippen molar-refractivity contribution < 1.29 is 12.6 Å². The molecule has 0 spiro atoms. The molecule has 0 saturated carbocycles. The predicted molar refractivity (Wildman–Crippen MR) is 124 cm³/mol. The molecule has 1 N–H and O–H groups in total. The maximum Gasteiger partial charge on any atom is 0.339 e. The number of aryl methyl sites for hydroxylation is 1. The summed E-state index contributed by atoms with van der Waals surface area (Å²) in [4.78, 5) is 4.62. The van der Waals surface area contributed by atoms with Crippen LogP contribution >= 0.6 is 11.3 Å². The molecule has 0 radical (unpaired) electrons. The third kappa shape index (κ3) is 5.36. The van der Waals surface area contributed by atoms with Crippen molar-refractivity contribution in [2.45, 2.75) is 11.8 Å². The van der Waals surface area contributed by atoms with E-state index in [1.807, 2.05) is 42.6 Å². The number of rotatable bonds is 7. The van der Waals surface area contributed by atoms with Gasteiger partial charge in [-0.3, -0.25) is 5.43 Å². The van der Waals surface area contributed by atoms with Crippen LogP contribution in [-0.2, 0) is 10.1 Å². The lowest BCUT2D eigenvalue weighted by Crippen LogP contribution is -2.09. The molecule has 8 heteroatoms. The molecule has 6 nitrogen and oxygen atoms in total. The van der Waals surface area contributed by atoms with E-state index in [-0.39, 0.29) is 10.6 Å². The number of hydrogen-bond donors (Lipinski definition) is 1. The molecule has 4 rings (SSSR count). The van der Waals surface area contributed by atoms with E-state index < -0.39 is 10.1 Å². The van der Waals surface area contributed by atoms with Crippen LogP contribution in [0.2, 0.25) is 0 Å². The maximum atomic E-state index is 12.4. The van der Waals surface area contributed by atoms with Gasteiger partial charge in [0.25, 0.3) is 0 Å². The molecule has 0 aliphatic carbocycles. The molecule has 0 saturated heterocycles. The van der Waals surface area contributed by atoms with E-state index in [0.717, 1.165) is 22.4 Å². The van der Waals surface area contributed by atoms with Crippen LogP contribution in [0.15, 0.2) is 94.2 Å². The summed E-state index contributed by atoms with van der Waals surface area (Å²) in [5, 5.41) is 6.84. The first-order valence-corrected chi connectivity index (χ1v) is 11.7. The lowest BCUT2D eigenvalue weighted by molar-refractivity contribution is 0.486. The number of benzene rings is 3. The molecule has 156 valence electrons. The summed E-state index contributed by atoms with van der Waals surface area (Å²) in [5.74, 6) is 0.234. The van der Waals surface area contributed by atoms with Crippen LogP contribution < -0.4 is 9.61 Å². The van der Waals surface area contributed by atoms with Crippen LogP contribution in [0, 0.1) is 6.92 Å². The van der Waals surface area contributed by atoms with E-state index in [1.54, 1.807) is 42.6 Å². The quantitative estimate of drug-likeness (QED) is 0.234. The third-order valence-corrected chi connectivity index (χ3v) is 6.35. The molecule has 0 unspecified atom stereocenters. The topological polar surface area (TPSA) is 80.7 Å². The normalized spacial score (nSPS) is 11.5. The zero-order valence-electron chi connectivity index (χ0n) is 16.6. The van der Waals surface area contributed by atoms with Gasteiger partial charge in [-0.25, -0.2) is 4.98 Å². The molecule has 0 amide bonds. The molecule has 0 atom stereocenters. The number of hydrogen-bond acceptors (Lipinski definition) is 7. The Morgan fingerprint density at radius 3 is 2.39 bits per heavy atom. The van der Waals surface area contributed by atoms with Crippen molar-refractivity contribution in [1.29, 1.82) is 0 Å². The van der Waals surface area contributed by atoms with E-state index in [0.29, 0.717) is 5.13 Å². The standard InChI is InChI=1S/C23H19N3O3S2/c1-17-7-13-21(14-8-17)31(27,28)29-20-11-9-18(10-12-20)15-24-26-23-25-22(16-30-23)19-5-3-2-4-6-19/h2-16H,1H3,(H,25,26)/b24-15+. The molecule has 0 bridgehead atoms. The highest BCUT2D eigenvalue weighted by atomic mass is 32.2. The van der Waals surface area contributed by atoms with Crippen LogP contribution in [-0.4, -0.2) is 19.6 Å². The SMILES string of the molecule is Cc1ccc(S(=O)(=O)Oc2ccc(/C=N/Nc3nc(-c4ccccc4)cs3)cc2)cc1. The summed E-state index contributed by atoms with van der Waals surface area (Å²) in [6.07, 6.45) is 1.63. The average molecular weight is 450 g/mol. The second kappa shape index (κ2) is 9.11. The van der Waals surface area contributed by atoms with Crippen molar-refractivity contribution in [3.63, 3.8) is 0 Å². The van der Waals surface area contributed by atoms with Crippen LogP contribution in [0.25, 0.3) is 11.3 Å². The Balaban J connectivity index is 1.37. The van der Waals surface area contributed by atoms with Gasteiger partial charge >= 0.3 is 10.1 Å². The number of thiazole rings is 1. The zero-order chi connectivity index (χ0) is 21.7. The van der Waals surface area contributed by atoms with Crippen molar-refractivity contribution in [2.24, 2.45) is 5.10 Å². The molecule has 0 aliphatic heterocycles. The van der Waals surface area contributed by atoms with Gasteiger partial charge in [0.1, 0.15) is 10.6 Å². The Labute approximate surface area is 185 Å². The molecule has 1 aromatic heterocycles. The van der Waals surface area contributed by atoms with E-state index in [2.05, 4.69) is 15.5 Å². The molecular formula is C23H19N3O3S2. The second-order valence-corrected chi connectivity index (χ2v) is 9.10. The van der Waals surface area contributed by atoms with Gasteiger partial charge in [-0.05, 0) is 48.9 Å². The van der Waals surface area contributed by atoms with Gasteiger partial charge in [0.15, 0.2) is 0 Å². The molecule has 4 aromatic rings. The van der Waals surface area contributed by atoms with Gasteiger partial charge in [-0.1, -0.05) is 48.0 Å². The minimum absolute atomic E-state index is 0.117. The summed E-state index contributed by atoms with van der Waals surface area (Å²) >= 11 is 1.46. The lowest BCUT2D eigenvalue weighted by atomic mass is 10.2. The van der Waals surface area contributed by atoms with Crippen molar-refractivity contribution in [1.82, 2.24) is 4.98 Å². The molecular weight excluding hydrogens is 430 g/mol. The number of anilines is 1. The summed E-state index contributed by atoms with van der Waals surface area (Å²) in [5.41, 5.74) is 6.61. The van der Waals surface area contributed by atoms with Gasteiger partial charge in [0.2, 0.25) is 5.13 Å². The molecule has 0 aliphatic rings. The number of nitrogens with one attached hydrogen (secondary N) is 1. The Bertz CT molecular complexity index is 1280. The largest absolute Gasteiger partial charge is 0.379 e. The van der Waals surface area contributed by atoms with Gasteiger partial charge in [0, 0.05) is 10.9 Å². The number of hydrazone groups is 1. The van der Waals surface area contributed by atoms with E-state index in [1.165, 1.54) is 23.5 Å². The first-order chi connectivity index (χ1) is 15.0. The molecule has 1 heterocycles. The first kappa shape index (κ1) is 20.8. The first-order valence-electron chi connectivity index (χ1n) is 9.41. The maximum absolute atomic E-state index is 12.4. The van der Waals surface area contributed by atoms with Crippen LogP contribution in [0.1, 0.15) is 11.1 Å². The van der Waals surface area contributed by atoms with Crippen molar-refractivity contribution in [2.75, 3.05) is 5.43 Å². The van der Waals surface area contributed by atoms with Crippen LogP contribution in [0.5, 0.6) is 5.75 Å². The lowest BCUT2D eigenvalue weighted by Gasteiger charge is -2.07. The van der Waals surface area contributed by atoms with Crippen molar-refractivity contribution in [3.8, 4) is 17.0 Å². The van der Waals surface area contributed by atoms with Gasteiger partial charge in [0.05, 0.1) is 11.9 Å². The fourth-order valence-corrected chi connectivity index (χ4v) is 4.32. The Morgan fingerprint density at radius 1 is 0.968 bits per heavy atom. The molecule has 31 heavy (non-hydrogen) atoms. The summed E-state index contributed by atoms with van der Waals surface area (Å²) in [6, 6.07) is 23.1. The van der Waals surface area contributed by atoms with Crippen molar-refractivity contribution in [3.05, 3.63) is 95.4 Å². The van der Waals surface area contributed by atoms with Gasteiger partial charge in [-0.2, -0.15) is 13.5 Å². The number of nitrogens with zero attached hydrogens (tertiary/aromatic N) is 2. The number of aromatic nitrogens is 1. The minimum atomic E-state index is -3.87. The predicted octanol–water partition coefficient (Wildman–Crippen LogP) is 5.33. The highest BCUT2D eigenvalue weighted by Gasteiger charge is 2.16. The summed E-state index contributed by atoms with van der Waals surface area (Å²) in [7, 11) is -3.87. The van der Waals surface area contributed by atoms with Gasteiger partial charge in [-0.15, -0.1) is 11.3 Å².